The fourth-order valence-electron chi connectivity index (χ4n) is 0.429. The molecule has 74 valence electrons. The van der Waals surface area contributed by atoms with E-state index in [0.717, 1.165) is 0 Å². The number of hydrogen-bond acceptors (Lipinski definition) is 4. The minimum Gasteiger partial charge on any atom is -0.302 e. The highest BCUT2D eigenvalue weighted by atomic mass is 32.3. The van der Waals surface area contributed by atoms with Crippen LogP contribution >= 0.6 is 0 Å². The number of aromatic nitrogens is 2. The summed E-state index contributed by atoms with van der Waals surface area (Å²) >= 11 is 0. The smallest absolute Gasteiger partial charge is 0.302 e. The maximum Gasteiger partial charge on any atom is 0.394 e. The van der Waals surface area contributed by atoms with Gasteiger partial charge in [-0.2, -0.15) is 8.42 Å². The van der Waals surface area contributed by atoms with Gasteiger partial charge in [0.15, 0.2) is 0 Å². The van der Waals surface area contributed by atoms with Crippen molar-refractivity contribution in [1.82, 2.24) is 9.55 Å². The summed E-state index contributed by atoms with van der Waals surface area (Å²) in [5, 5.41) is 0. The first kappa shape index (κ1) is 11.8. The molecule has 1 aromatic heterocycles. The topological polar surface area (TPSA) is 109 Å². The molecule has 0 saturated heterocycles. The minimum atomic E-state index is -4.67. The second-order valence-electron chi connectivity index (χ2n) is 1.96. The Balaban J connectivity index is 0.000000252. The van der Waals surface area contributed by atoms with Crippen LogP contribution in [0.3, 0.4) is 0 Å². The van der Waals surface area contributed by atoms with Crippen LogP contribution in [0.15, 0.2) is 23.3 Å². The maximum atomic E-state index is 10.5. The fraction of sp³-hybridized carbons (Fsp3) is 0.200. The van der Waals surface area contributed by atoms with Gasteiger partial charge < -0.3 is 4.57 Å². The van der Waals surface area contributed by atoms with Gasteiger partial charge in [-0.05, 0) is 6.07 Å². The molecule has 0 aliphatic heterocycles. The summed E-state index contributed by atoms with van der Waals surface area (Å²) in [4.78, 5) is 14.0. The highest BCUT2D eigenvalue weighted by Crippen LogP contribution is 1.68. The van der Waals surface area contributed by atoms with Crippen molar-refractivity contribution >= 4 is 10.4 Å². The molecule has 0 amide bonds. The van der Waals surface area contributed by atoms with Crippen LogP contribution in [0.1, 0.15) is 0 Å². The Kier molecular flexibility index (Phi) is 4.25. The standard InChI is InChI=1S/C5H6N2O.H2O4S/c1-7-4-2-3-6-5(7)8;1-5(2,3)4/h2-4H,1H3;(H2,1,2,3,4). The molecule has 0 aromatic carbocycles. The molecule has 0 aliphatic rings. The van der Waals surface area contributed by atoms with Gasteiger partial charge in [-0.25, -0.2) is 9.78 Å². The van der Waals surface area contributed by atoms with Gasteiger partial charge in [0.05, 0.1) is 0 Å². The molecular formula is C5H8N2O5S. The number of aryl methyl sites for hydroxylation is 1. The molecule has 0 aliphatic carbocycles. The van der Waals surface area contributed by atoms with Crippen molar-refractivity contribution in [2.75, 3.05) is 0 Å². The van der Waals surface area contributed by atoms with Crippen LogP contribution in [-0.2, 0) is 17.4 Å². The molecular weight excluding hydrogens is 200 g/mol. The lowest BCUT2D eigenvalue weighted by molar-refractivity contribution is 0.381. The van der Waals surface area contributed by atoms with Gasteiger partial charge in [-0.3, -0.25) is 9.11 Å². The Morgan fingerprint density at radius 3 is 2.15 bits per heavy atom. The first-order valence-corrected chi connectivity index (χ1v) is 4.38. The van der Waals surface area contributed by atoms with Gasteiger partial charge in [0.2, 0.25) is 0 Å². The number of hydrogen-bond donors (Lipinski definition) is 2. The third kappa shape index (κ3) is 8.66. The normalized spacial score (nSPS) is 10.1. The highest BCUT2D eigenvalue weighted by molar-refractivity contribution is 7.79. The maximum absolute atomic E-state index is 10.5. The second kappa shape index (κ2) is 4.70. The monoisotopic (exact) mass is 208 g/mol. The molecule has 0 fully saturated rings. The molecule has 13 heavy (non-hydrogen) atoms. The van der Waals surface area contributed by atoms with Crippen molar-refractivity contribution in [3.8, 4) is 0 Å². The zero-order valence-electron chi connectivity index (χ0n) is 6.65. The Bertz CT molecular complexity index is 401. The molecule has 0 bridgehead atoms. The summed E-state index contributed by atoms with van der Waals surface area (Å²) in [5.41, 5.74) is -0.215. The van der Waals surface area contributed by atoms with Crippen LogP contribution in [0.4, 0.5) is 0 Å². The van der Waals surface area contributed by atoms with Crippen LogP contribution in [0.25, 0.3) is 0 Å². The first-order chi connectivity index (χ1) is 5.80. The van der Waals surface area contributed by atoms with Crippen molar-refractivity contribution in [1.29, 1.82) is 0 Å². The molecule has 0 spiro atoms. The van der Waals surface area contributed by atoms with E-state index in [-0.39, 0.29) is 5.69 Å². The summed E-state index contributed by atoms with van der Waals surface area (Å²) in [7, 11) is -3.00. The molecule has 1 aromatic rings. The summed E-state index contributed by atoms with van der Waals surface area (Å²) < 4.78 is 33.0. The Hall–Kier alpha value is -1.25. The van der Waals surface area contributed by atoms with Crippen LogP contribution in [0.2, 0.25) is 0 Å². The predicted octanol–water partition coefficient (Wildman–Crippen LogP) is -0.872. The zero-order valence-corrected chi connectivity index (χ0v) is 7.47. The van der Waals surface area contributed by atoms with E-state index in [0.29, 0.717) is 0 Å². The quantitative estimate of drug-likeness (QED) is 0.536. The summed E-state index contributed by atoms with van der Waals surface area (Å²) in [5.74, 6) is 0. The molecule has 7 nitrogen and oxygen atoms in total. The summed E-state index contributed by atoms with van der Waals surface area (Å²) in [6, 6.07) is 1.71. The van der Waals surface area contributed by atoms with Crippen molar-refractivity contribution < 1.29 is 17.5 Å². The van der Waals surface area contributed by atoms with E-state index in [4.69, 9.17) is 17.5 Å². The third-order valence-corrected chi connectivity index (χ3v) is 0.882. The van der Waals surface area contributed by atoms with E-state index in [1.807, 2.05) is 0 Å². The molecule has 0 unspecified atom stereocenters. The van der Waals surface area contributed by atoms with Gasteiger partial charge >= 0.3 is 16.1 Å². The number of rotatable bonds is 0. The van der Waals surface area contributed by atoms with Gasteiger partial charge in [0.1, 0.15) is 0 Å². The Labute approximate surface area is 74.2 Å². The van der Waals surface area contributed by atoms with Crippen molar-refractivity contribution in [2.24, 2.45) is 7.05 Å². The number of nitrogens with zero attached hydrogens (tertiary/aromatic N) is 2. The van der Waals surface area contributed by atoms with Crippen molar-refractivity contribution in [2.45, 2.75) is 0 Å². The first-order valence-electron chi connectivity index (χ1n) is 2.98. The Morgan fingerprint density at radius 2 is 1.92 bits per heavy atom. The van der Waals surface area contributed by atoms with Crippen molar-refractivity contribution in [3.63, 3.8) is 0 Å². The lowest BCUT2D eigenvalue weighted by atomic mass is 10.7. The van der Waals surface area contributed by atoms with Crippen LogP contribution in [0, 0.1) is 0 Å². The van der Waals surface area contributed by atoms with E-state index in [1.165, 1.54) is 10.8 Å². The molecule has 1 heterocycles. The zero-order chi connectivity index (χ0) is 10.5. The van der Waals surface area contributed by atoms with Gasteiger partial charge in [0, 0.05) is 19.4 Å². The molecule has 8 heteroatoms. The summed E-state index contributed by atoms with van der Waals surface area (Å²) in [6.45, 7) is 0. The second-order valence-corrected chi connectivity index (χ2v) is 2.86. The average molecular weight is 208 g/mol. The molecule has 0 atom stereocenters. The minimum absolute atomic E-state index is 0.215. The largest absolute Gasteiger partial charge is 0.394 e. The predicted molar refractivity (Wildman–Crippen MR) is 43.7 cm³/mol. The molecule has 0 saturated carbocycles. The van der Waals surface area contributed by atoms with Crippen molar-refractivity contribution in [3.05, 3.63) is 28.9 Å². The molecule has 0 radical (unpaired) electrons. The molecule has 2 N–H and O–H groups in total. The van der Waals surface area contributed by atoms with E-state index < -0.39 is 10.4 Å². The van der Waals surface area contributed by atoms with E-state index in [1.54, 1.807) is 19.3 Å². The lowest BCUT2D eigenvalue weighted by Gasteiger charge is -1.88. The van der Waals surface area contributed by atoms with Gasteiger partial charge in [-0.15, -0.1) is 0 Å². The van der Waals surface area contributed by atoms with Gasteiger partial charge in [-0.1, -0.05) is 0 Å². The summed E-state index contributed by atoms with van der Waals surface area (Å²) in [6.07, 6.45) is 3.14. The lowest BCUT2D eigenvalue weighted by Crippen LogP contribution is -2.17. The average Bonchev–Trinajstić information content (AvgIpc) is 1.92. The van der Waals surface area contributed by atoms with Crippen LogP contribution < -0.4 is 5.69 Å². The highest BCUT2D eigenvalue weighted by Gasteiger charge is 1.84. The fourth-order valence-corrected chi connectivity index (χ4v) is 0.429. The SMILES string of the molecule is Cn1cccnc1=O.O=S(=O)(O)O. The Morgan fingerprint density at radius 1 is 1.46 bits per heavy atom. The molecule has 1 rings (SSSR count). The van der Waals surface area contributed by atoms with E-state index in [2.05, 4.69) is 4.98 Å². The van der Waals surface area contributed by atoms with Crippen LogP contribution in [0.5, 0.6) is 0 Å². The van der Waals surface area contributed by atoms with E-state index in [9.17, 15) is 4.79 Å². The van der Waals surface area contributed by atoms with Crippen LogP contribution in [-0.4, -0.2) is 27.1 Å². The van der Waals surface area contributed by atoms with Gasteiger partial charge in [0.25, 0.3) is 0 Å². The third-order valence-electron chi connectivity index (χ3n) is 0.882. The van der Waals surface area contributed by atoms with E-state index >= 15 is 0 Å².